The number of carboxylic acid groups (broad SMARTS) is 1. The first-order valence-electron chi connectivity index (χ1n) is 12.5. The van der Waals surface area contributed by atoms with Crippen LogP contribution >= 0.6 is 0 Å². The molecule has 13 heteroatoms. The van der Waals surface area contributed by atoms with Gasteiger partial charge in [0.25, 0.3) is 0 Å². The lowest BCUT2D eigenvalue weighted by atomic mass is 10.0. The number of rotatable bonds is 13. The molecule has 0 bridgehead atoms. The van der Waals surface area contributed by atoms with Crippen LogP contribution in [0.1, 0.15) is 18.1 Å². The molecule has 3 aromatic rings. The van der Waals surface area contributed by atoms with Gasteiger partial charge >= 0.3 is 5.97 Å². The highest BCUT2D eigenvalue weighted by Crippen LogP contribution is 2.19. The van der Waals surface area contributed by atoms with Gasteiger partial charge in [0.1, 0.15) is 29.9 Å². The third-order valence-electron chi connectivity index (χ3n) is 6.32. The fourth-order valence-electron chi connectivity index (χ4n) is 4.08. The number of aromatic nitrogens is 1. The van der Waals surface area contributed by atoms with Crippen LogP contribution in [-0.2, 0) is 32.0 Å². The number of phenolic OH excluding ortho intramolecular Hbond substituents is 1. The Balaban J connectivity index is 1.79. The monoisotopic (exact) mass is 555 g/mol. The summed E-state index contributed by atoms with van der Waals surface area (Å²) in [5, 5.41) is 46.6. The number of fused-ring (bicyclic) bond motifs is 1. The number of para-hydroxylation sites is 1. The quantitative estimate of drug-likeness (QED) is 0.124. The molecule has 214 valence electrons. The van der Waals surface area contributed by atoms with Gasteiger partial charge in [-0.1, -0.05) is 30.3 Å². The van der Waals surface area contributed by atoms with Crippen LogP contribution in [0.15, 0.2) is 54.7 Å². The minimum absolute atomic E-state index is 0.00855. The van der Waals surface area contributed by atoms with Gasteiger partial charge in [-0.05, 0) is 36.2 Å². The molecular formula is C27H33N5O8. The fourth-order valence-corrected chi connectivity index (χ4v) is 4.08. The van der Waals surface area contributed by atoms with E-state index in [1.807, 2.05) is 18.2 Å². The molecule has 3 amide bonds. The number of H-pyrrole nitrogens is 1. The number of phenols is 1. The van der Waals surface area contributed by atoms with E-state index < -0.39 is 60.6 Å². The van der Waals surface area contributed by atoms with Crippen LogP contribution in [0.5, 0.6) is 5.75 Å². The SMILES string of the molecule is CC(O)C(NC(=O)C(Cc1c[nH]c2ccccc12)NC(=O)C(N)CO)C(=O)NC(Cc1ccc(O)cc1)C(=O)O. The maximum atomic E-state index is 13.3. The summed E-state index contributed by atoms with van der Waals surface area (Å²) >= 11 is 0. The number of amides is 3. The van der Waals surface area contributed by atoms with E-state index >= 15 is 0 Å². The number of nitrogens with two attached hydrogens (primary N) is 1. The first-order chi connectivity index (χ1) is 19.0. The summed E-state index contributed by atoms with van der Waals surface area (Å²) < 4.78 is 0. The summed E-state index contributed by atoms with van der Waals surface area (Å²) in [6, 6.07) is 7.51. The average Bonchev–Trinajstić information content (AvgIpc) is 3.33. The lowest BCUT2D eigenvalue weighted by Gasteiger charge is -2.26. The van der Waals surface area contributed by atoms with E-state index in [2.05, 4.69) is 20.9 Å². The molecule has 1 aromatic heterocycles. The second kappa shape index (κ2) is 13.6. The van der Waals surface area contributed by atoms with E-state index in [-0.39, 0.29) is 18.6 Å². The molecule has 0 aliphatic heterocycles. The summed E-state index contributed by atoms with van der Waals surface area (Å²) in [4.78, 5) is 53.7. The van der Waals surface area contributed by atoms with Gasteiger partial charge < -0.3 is 47.1 Å². The van der Waals surface area contributed by atoms with E-state index in [4.69, 9.17) is 5.73 Å². The Labute approximate surface area is 229 Å². The van der Waals surface area contributed by atoms with Crippen LogP contribution in [0, 0.1) is 0 Å². The van der Waals surface area contributed by atoms with Crippen molar-refractivity contribution < 1.29 is 39.6 Å². The Morgan fingerprint density at radius 3 is 2.17 bits per heavy atom. The summed E-state index contributed by atoms with van der Waals surface area (Å²) in [6.45, 7) is 0.582. The standard InChI is InChI=1S/C27H33N5O8/c1-14(34)23(26(38)31-22(27(39)40)10-15-6-8-17(35)9-7-15)32-25(37)21(30-24(36)19(28)13-33)11-16-12-29-20-5-3-2-4-18(16)20/h2-9,12,14,19,21-23,29,33-35H,10-11,13,28H2,1H3,(H,30,36)(H,31,38)(H,32,37)(H,39,40). The molecule has 0 aliphatic rings. The first-order valence-corrected chi connectivity index (χ1v) is 12.5. The predicted octanol–water partition coefficient (Wildman–Crippen LogP) is -1.10. The van der Waals surface area contributed by atoms with Crippen molar-refractivity contribution in [3.05, 3.63) is 65.9 Å². The second-order valence-electron chi connectivity index (χ2n) is 9.41. The summed E-state index contributed by atoms with van der Waals surface area (Å²) in [7, 11) is 0. The summed E-state index contributed by atoms with van der Waals surface area (Å²) in [5.74, 6) is -3.96. The molecule has 0 saturated carbocycles. The molecule has 40 heavy (non-hydrogen) atoms. The van der Waals surface area contributed by atoms with Gasteiger partial charge in [0.2, 0.25) is 17.7 Å². The van der Waals surface area contributed by atoms with Gasteiger partial charge in [-0.2, -0.15) is 0 Å². The molecule has 0 spiro atoms. The molecule has 5 atom stereocenters. The number of aliphatic hydroxyl groups excluding tert-OH is 2. The maximum absolute atomic E-state index is 13.3. The average molecular weight is 556 g/mol. The molecule has 0 saturated heterocycles. The lowest BCUT2D eigenvalue weighted by Crippen LogP contribution is -2.60. The molecule has 10 N–H and O–H groups in total. The number of aromatic hydroxyl groups is 1. The Hall–Kier alpha value is -4.46. The zero-order chi connectivity index (χ0) is 29.4. The van der Waals surface area contributed by atoms with Gasteiger partial charge in [-0.15, -0.1) is 0 Å². The fraction of sp³-hybridized carbons (Fsp3) is 0.333. The second-order valence-corrected chi connectivity index (χ2v) is 9.41. The highest BCUT2D eigenvalue weighted by molar-refractivity contribution is 5.95. The predicted molar refractivity (Wildman–Crippen MR) is 144 cm³/mol. The Morgan fingerprint density at radius 1 is 0.900 bits per heavy atom. The van der Waals surface area contributed by atoms with Crippen LogP contribution in [0.4, 0.5) is 0 Å². The van der Waals surface area contributed by atoms with Gasteiger partial charge in [0.05, 0.1) is 12.7 Å². The molecule has 3 rings (SSSR count). The smallest absolute Gasteiger partial charge is 0.326 e. The summed E-state index contributed by atoms with van der Waals surface area (Å²) in [6.07, 6.45) is 0.0891. The number of nitrogens with one attached hydrogen (secondary N) is 4. The van der Waals surface area contributed by atoms with Crippen molar-refractivity contribution >= 4 is 34.6 Å². The zero-order valence-electron chi connectivity index (χ0n) is 21.7. The van der Waals surface area contributed by atoms with Crippen LogP contribution < -0.4 is 21.7 Å². The van der Waals surface area contributed by atoms with Gasteiger partial charge in [0.15, 0.2) is 0 Å². The van der Waals surface area contributed by atoms with Gasteiger partial charge in [-0.3, -0.25) is 14.4 Å². The van der Waals surface area contributed by atoms with Crippen LogP contribution in [-0.4, -0.2) is 86.0 Å². The van der Waals surface area contributed by atoms with Crippen LogP contribution in [0.2, 0.25) is 0 Å². The highest BCUT2D eigenvalue weighted by Gasteiger charge is 2.33. The molecule has 5 unspecified atom stereocenters. The van der Waals surface area contributed by atoms with Crippen molar-refractivity contribution in [1.29, 1.82) is 0 Å². The largest absolute Gasteiger partial charge is 0.508 e. The van der Waals surface area contributed by atoms with Crippen molar-refractivity contribution in [2.24, 2.45) is 5.73 Å². The highest BCUT2D eigenvalue weighted by atomic mass is 16.4. The van der Waals surface area contributed by atoms with Gasteiger partial charge in [-0.25, -0.2) is 4.79 Å². The van der Waals surface area contributed by atoms with E-state index in [9.17, 15) is 39.6 Å². The van der Waals surface area contributed by atoms with Crippen molar-refractivity contribution in [3.63, 3.8) is 0 Å². The Kier molecular flexibility index (Phi) is 10.2. The third kappa shape index (κ3) is 7.79. The van der Waals surface area contributed by atoms with E-state index in [1.165, 1.54) is 31.2 Å². The first kappa shape index (κ1) is 30.1. The molecule has 0 aliphatic carbocycles. The molecular weight excluding hydrogens is 522 g/mol. The number of hydrogen-bond donors (Lipinski definition) is 9. The van der Waals surface area contributed by atoms with Crippen LogP contribution in [0.3, 0.4) is 0 Å². The minimum Gasteiger partial charge on any atom is -0.508 e. The maximum Gasteiger partial charge on any atom is 0.326 e. The van der Waals surface area contributed by atoms with Crippen molar-refractivity contribution in [2.45, 2.75) is 50.0 Å². The number of hydrogen-bond acceptors (Lipinski definition) is 8. The third-order valence-corrected chi connectivity index (χ3v) is 6.32. The number of carbonyl (C=O) groups excluding carboxylic acids is 3. The molecule has 13 nitrogen and oxygen atoms in total. The van der Waals surface area contributed by atoms with E-state index in [1.54, 1.807) is 12.3 Å². The van der Waals surface area contributed by atoms with E-state index in [0.29, 0.717) is 11.1 Å². The topological polar surface area (TPSA) is 227 Å². The van der Waals surface area contributed by atoms with Crippen molar-refractivity contribution in [3.8, 4) is 5.75 Å². The number of aliphatic hydroxyl groups is 2. The normalized spacial score (nSPS) is 14.9. The molecule has 1 heterocycles. The minimum atomic E-state index is -1.57. The van der Waals surface area contributed by atoms with Crippen LogP contribution in [0.25, 0.3) is 10.9 Å². The number of aromatic amines is 1. The Morgan fingerprint density at radius 2 is 1.55 bits per heavy atom. The molecule has 0 fully saturated rings. The number of carboxylic acids is 1. The molecule has 2 aromatic carbocycles. The Bertz CT molecular complexity index is 1340. The zero-order valence-corrected chi connectivity index (χ0v) is 21.7. The van der Waals surface area contributed by atoms with Crippen molar-refractivity contribution in [2.75, 3.05) is 6.61 Å². The number of carbonyl (C=O) groups is 4. The number of aliphatic carboxylic acids is 1. The summed E-state index contributed by atoms with van der Waals surface area (Å²) in [5.41, 5.74) is 7.59. The lowest BCUT2D eigenvalue weighted by molar-refractivity contribution is -0.143. The van der Waals surface area contributed by atoms with Gasteiger partial charge in [0, 0.05) is 29.9 Å². The van der Waals surface area contributed by atoms with Crippen molar-refractivity contribution in [1.82, 2.24) is 20.9 Å². The molecule has 0 radical (unpaired) electrons. The number of benzene rings is 2. The van der Waals surface area contributed by atoms with E-state index in [0.717, 1.165) is 10.9 Å².